The van der Waals surface area contributed by atoms with Gasteiger partial charge in [0.1, 0.15) is 34.8 Å². The highest BCUT2D eigenvalue weighted by Gasteiger charge is 2.24. The molecule has 0 amide bonds. The molecule has 0 saturated carbocycles. The number of ketones is 2. The lowest BCUT2D eigenvalue weighted by Gasteiger charge is -2.16. The Morgan fingerprint density at radius 3 is 1.94 bits per heavy atom. The van der Waals surface area contributed by atoms with E-state index >= 15 is 0 Å². The molecular weight excluding hydrogens is 620 g/mol. The number of aromatic nitrogens is 6. The van der Waals surface area contributed by atoms with E-state index < -0.39 is 32.1 Å². The number of hydrogen-bond donors (Lipinski definition) is 2. The number of aryl methyl sites for hydroxylation is 1. The molecule has 4 rings (SSSR count). The number of benzene rings is 2. The van der Waals surface area contributed by atoms with E-state index in [-0.39, 0.29) is 35.0 Å². The number of nitrogens with one attached hydrogen (secondary N) is 2. The van der Waals surface area contributed by atoms with Crippen molar-refractivity contribution in [3.8, 4) is 5.75 Å². The van der Waals surface area contributed by atoms with Gasteiger partial charge in [-0.05, 0) is 49.2 Å². The van der Waals surface area contributed by atoms with Crippen molar-refractivity contribution in [1.82, 2.24) is 40.6 Å². The van der Waals surface area contributed by atoms with Crippen molar-refractivity contribution in [3.63, 3.8) is 0 Å². The van der Waals surface area contributed by atoms with Crippen LogP contribution in [0.1, 0.15) is 69.2 Å². The fourth-order valence-corrected chi connectivity index (χ4v) is 5.94. The van der Waals surface area contributed by atoms with Gasteiger partial charge in [-0.2, -0.15) is 0 Å². The molecule has 14 nitrogen and oxygen atoms in total. The van der Waals surface area contributed by atoms with Crippen molar-refractivity contribution < 1.29 is 28.7 Å². The second kappa shape index (κ2) is 15.2. The maximum atomic E-state index is 13.2. The lowest BCUT2D eigenvalue weighted by molar-refractivity contribution is -0.120. The van der Waals surface area contributed by atoms with Crippen molar-refractivity contribution in [1.29, 1.82) is 0 Å². The number of esters is 2. The van der Waals surface area contributed by atoms with Crippen molar-refractivity contribution in [2.75, 3.05) is 7.11 Å². The predicted molar refractivity (Wildman–Crippen MR) is 174 cm³/mol. The molecule has 2 atom stereocenters. The summed E-state index contributed by atoms with van der Waals surface area (Å²) in [5, 5.41) is 22.7. The van der Waals surface area contributed by atoms with E-state index in [1.807, 2.05) is 0 Å². The molecule has 2 N–H and O–H groups in total. The molecule has 0 saturated heterocycles. The number of ether oxygens (including phenoxy) is 2. The Balaban J connectivity index is 1.45. The molecule has 0 aliphatic heterocycles. The number of rotatable bonds is 15. The van der Waals surface area contributed by atoms with Crippen molar-refractivity contribution in [3.05, 3.63) is 88.5 Å². The van der Waals surface area contributed by atoms with E-state index in [9.17, 15) is 19.2 Å². The molecule has 0 fully saturated rings. The Morgan fingerprint density at radius 1 is 0.809 bits per heavy atom. The summed E-state index contributed by atoms with van der Waals surface area (Å²) in [5.74, 6) is -1.57. The largest absolute Gasteiger partial charge is 0.465 e. The zero-order valence-corrected chi connectivity index (χ0v) is 28.6. The van der Waals surface area contributed by atoms with Crippen LogP contribution in [0.4, 0.5) is 0 Å². The van der Waals surface area contributed by atoms with Gasteiger partial charge in [0, 0.05) is 26.3 Å². The first-order valence-corrected chi connectivity index (χ1v) is 18.7. The number of methoxy groups -OCH3 is 1. The maximum absolute atomic E-state index is 13.2. The number of carbonyl (C=O) groups excluding carboxylic acids is 4. The van der Waals surface area contributed by atoms with Crippen LogP contribution >= 0.6 is 0 Å². The first-order chi connectivity index (χ1) is 22.2. The van der Waals surface area contributed by atoms with Gasteiger partial charge in [-0.25, -0.2) is 9.59 Å². The summed E-state index contributed by atoms with van der Waals surface area (Å²) in [6, 6.07) is 10.1. The van der Waals surface area contributed by atoms with Gasteiger partial charge in [-0.3, -0.25) is 29.6 Å². The Hall–Kier alpha value is -4.86. The summed E-state index contributed by atoms with van der Waals surface area (Å²) in [4.78, 5) is 50.3. The predicted octanol–water partition coefficient (Wildman–Crippen LogP) is 3.13. The highest BCUT2D eigenvalue weighted by Crippen LogP contribution is 2.24. The van der Waals surface area contributed by atoms with E-state index in [1.165, 1.54) is 31.7 Å². The summed E-state index contributed by atoms with van der Waals surface area (Å²) in [6.45, 7) is 10.2. The molecule has 0 spiro atoms. The van der Waals surface area contributed by atoms with Gasteiger partial charge in [-0.15, -0.1) is 10.2 Å². The lowest BCUT2D eigenvalue weighted by Crippen LogP contribution is -2.28. The molecule has 0 aliphatic rings. The van der Waals surface area contributed by atoms with Crippen LogP contribution in [0.2, 0.25) is 19.6 Å². The minimum atomic E-state index is -1.45. The molecule has 4 aromatic rings. The van der Waals surface area contributed by atoms with E-state index in [4.69, 9.17) is 9.47 Å². The minimum absolute atomic E-state index is 0.0145. The molecule has 47 heavy (non-hydrogen) atoms. The standard InChI is InChI=1S/C32H40N8O6Si/c1-20(41)29(26-17-39(3)37-35-26)33-15-22-8-11-24(12-9-22)31(43)46-28-14-23(10-13-25(28)32(44)45-4)16-34-30(21(2)42)27-18-40(38-36-27)19-47(5,6)7/h8-14,17-18,29-30,33-34H,15-16,19H2,1-7H3. The fraction of sp³-hybridized carbons (Fsp3) is 0.375. The second-order valence-corrected chi connectivity index (χ2v) is 17.9. The molecular formula is C32H40N8O6Si. The minimum Gasteiger partial charge on any atom is -0.465 e. The molecule has 0 radical (unpaired) electrons. The highest BCUT2D eigenvalue weighted by molar-refractivity contribution is 6.74. The summed E-state index contributed by atoms with van der Waals surface area (Å²) in [6.07, 6.45) is 4.24. The number of Topliss-reactive ketones (excluding diaryl/α,β-unsaturated/α-hetero) is 2. The van der Waals surface area contributed by atoms with Gasteiger partial charge < -0.3 is 9.47 Å². The third kappa shape index (κ3) is 9.57. The first-order valence-electron chi connectivity index (χ1n) is 15.0. The van der Waals surface area contributed by atoms with Crippen LogP contribution in [0.25, 0.3) is 0 Å². The SMILES string of the molecule is COC(=O)c1ccc(CNC(C(C)=O)c2cn(C[Si](C)(C)C)nn2)cc1OC(=O)c1ccc(CNC(C(C)=O)c2cn(C)nn2)cc1. The molecule has 2 unspecified atom stereocenters. The summed E-state index contributed by atoms with van der Waals surface area (Å²) in [5.41, 5.74) is 2.83. The topological polar surface area (TPSA) is 172 Å². The van der Waals surface area contributed by atoms with Crippen molar-refractivity contribution in [2.24, 2.45) is 7.05 Å². The third-order valence-electron chi connectivity index (χ3n) is 7.08. The average molecular weight is 661 g/mol. The van der Waals surface area contributed by atoms with Crippen LogP contribution in [0.15, 0.2) is 54.9 Å². The van der Waals surface area contributed by atoms with Crippen LogP contribution in [-0.4, -0.2) is 68.7 Å². The Kier molecular flexibility index (Phi) is 11.3. The average Bonchev–Trinajstić information content (AvgIpc) is 3.64. The zero-order chi connectivity index (χ0) is 34.3. The Labute approximate surface area is 273 Å². The van der Waals surface area contributed by atoms with Crippen LogP contribution in [-0.2, 0) is 40.6 Å². The highest BCUT2D eigenvalue weighted by atomic mass is 28.3. The monoisotopic (exact) mass is 660 g/mol. The van der Waals surface area contributed by atoms with Gasteiger partial charge in [0.2, 0.25) is 0 Å². The lowest BCUT2D eigenvalue weighted by atomic mass is 10.1. The van der Waals surface area contributed by atoms with Crippen LogP contribution in [0.5, 0.6) is 5.75 Å². The molecule has 2 aromatic heterocycles. The van der Waals surface area contributed by atoms with Crippen molar-refractivity contribution >= 4 is 31.6 Å². The van der Waals surface area contributed by atoms with Gasteiger partial charge in [-0.1, -0.05) is 48.3 Å². The smallest absolute Gasteiger partial charge is 0.343 e. The normalized spacial score (nSPS) is 12.7. The zero-order valence-electron chi connectivity index (χ0n) is 27.6. The molecule has 15 heteroatoms. The Morgan fingerprint density at radius 2 is 1.38 bits per heavy atom. The van der Waals surface area contributed by atoms with Crippen molar-refractivity contribution in [2.45, 2.75) is 64.8 Å². The maximum Gasteiger partial charge on any atom is 0.343 e. The number of hydrogen-bond acceptors (Lipinski definition) is 12. The third-order valence-corrected chi connectivity index (χ3v) is 8.35. The summed E-state index contributed by atoms with van der Waals surface area (Å²) < 4.78 is 13.9. The molecule has 2 heterocycles. The van der Waals surface area contributed by atoms with Gasteiger partial charge >= 0.3 is 11.9 Å². The van der Waals surface area contributed by atoms with E-state index in [0.717, 1.165) is 11.7 Å². The molecule has 248 valence electrons. The van der Waals surface area contributed by atoms with Crippen LogP contribution < -0.4 is 15.4 Å². The number of carbonyl (C=O) groups is 4. The van der Waals surface area contributed by atoms with Crippen LogP contribution in [0.3, 0.4) is 0 Å². The molecule has 0 aliphatic carbocycles. The van der Waals surface area contributed by atoms with E-state index in [1.54, 1.807) is 60.5 Å². The quantitative estimate of drug-likeness (QED) is 0.109. The van der Waals surface area contributed by atoms with Crippen LogP contribution in [0, 0.1) is 0 Å². The van der Waals surface area contributed by atoms with Gasteiger partial charge in [0.25, 0.3) is 0 Å². The van der Waals surface area contributed by atoms with E-state index in [2.05, 4.69) is 50.9 Å². The summed E-state index contributed by atoms with van der Waals surface area (Å²) >= 11 is 0. The van der Waals surface area contributed by atoms with Gasteiger partial charge in [0.05, 0.1) is 33.1 Å². The first kappa shape index (κ1) is 35.0. The molecule has 2 aromatic carbocycles. The molecule has 0 bridgehead atoms. The fourth-order valence-electron chi connectivity index (χ4n) is 4.82. The van der Waals surface area contributed by atoms with E-state index in [0.29, 0.717) is 23.5 Å². The second-order valence-electron chi connectivity index (χ2n) is 12.5. The Bertz CT molecular complexity index is 1740. The summed E-state index contributed by atoms with van der Waals surface area (Å²) in [7, 11) is 1.51. The van der Waals surface area contributed by atoms with Gasteiger partial charge in [0.15, 0.2) is 11.6 Å². The number of nitrogens with zero attached hydrogens (tertiary/aromatic N) is 6.